The third-order valence-corrected chi connectivity index (χ3v) is 4.05. The van der Waals surface area contributed by atoms with Gasteiger partial charge in [-0.2, -0.15) is 0 Å². The lowest BCUT2D eigenvalue weighted by Crippen LogP contribution is -2.20. The Labute approximate surface area is 183 Å². The molecule has 0 aliphatic heterocycles. The number of ether oxygens (including phenoxy) is 1. The normalized spacial score (nSPS) is 9.59. The first-order valence-electron chi connectivity index (χ1n) is 8.66. The second-order valence-electron chi connectivity index (χ2n) is 6.00. The predicted octanol–water partition coefficient (Wildman–Crippen LogP) is 3.66. The zero-order valence-corrected chi connectivity index (χ0v) is 17.7. The Bertz CT molecular complexity index is 882. The lowest BCUT2D eigenvalue weighted by molar-refractivity contribution is -0.132. The molecule has 0 bridgehead atoms. The average molecular weight is 437 g/mol. The number of allylic oxidation sites excluding steroid dienone is 2. The summed E-state index contributed by atoms with van der Waals surface area (Å²) < 4.78 is 5.40. The summed E-state index contributed by atoms with van der Waals surface area (Å²) in [6.07, 6.45) is 4.86. The Morgan fingerprint density at radius 3 is 1.93 bits per heavy atom. The van der Waals surface area contributed by atoms with E-state index in [9.17, 15) is 9.59 Å². The van der Waals surface area contributed by atoms with E-state index in [-0.39, 0.29) is 43.7 Å². The van der Waals surface area contributed by atoms with Crippen LogP contribution in [0.5, 0.6) is 5.75 Å². The number of hydrogen-bond donors (Lipinski definition) is 2. The van der Waals surface area contributed by atoms with Crippen LogP contribution in [0.15, 0.2) is 61.7 Å². The molecule has 2 aromatic rings. The summed E-state index contributed by atoms with van der Waals surface area (Å²) in [5.74, 6) is -0.401. The van der Waals surface area contributed by atoms with Crippen molar-refractivity contribution >= 4 is 36.6 Å². The first-order valence-corrected chi connectivity index (χ1v) is 8.66. The lowest BCUT2D eigenvalue weighted by atomic mass is 9.92. The number of Topliss-reactive ketones (excluding diaryl/α,β-unsaturated/α-hetero) is 1. The summed E-state index contributed by atoms with van der Waals surface area (Å²) in [7, 11) is 0. The molecular formula is C22H26Cl2N2O3. The smallest absolute Gasteiger partial charge is 0.325 e. The predicted molar refractivity (Wildman–Crippen MR) is 122 cm³/mol. The molecule has 0 aromatic heterocycles. The fourth-order valence-corrected chi connectivity index (χ4v) is 2.80. The summed E-state index contributed by atoms with van der Waals surface area (Å²) in [6, 6.07) is 11.0. The van der Waals surface area contributed by atoms with E-state index >= 15 is 0 Å². The van der Waals surface area contributed by atoms with Gasteiger partial charge in [0.2, 0.25) is 0 Å². The van der Waals surface area contributed by atoms with Crippen LogP contribution in [0.4, 0.5) is 0 Å². The Kier molecular flexibility index (Phi) is 11.8. The number of benzene rings is 2. The molecule has 0 fully saturated rings. The van der Waals surface area contributed by atoms with Crippen LogP contribution in [-0.2, 0) is 17.6 Å². The van der Waals surface area contributed by atoms with Gasteiger partial charge in [0.15, 0.2) is 5.78 Å². The monoisotopic (exact) mass is 436 g/mol. The second-order valence-corrected chi connectivity index (χ2v) is 6.00. The molecule has 0 aliphatic carbocycles. The minimum Gasteiger partial charge on any atom is -0.425 e. The maximum absolute atomic E-state index is 12.4. The largest absolute Gasteiger partial charge is 0.425 e. The minimum absolute atomic E-state index is 0. The van der Waals surface area contributed by atoms with Gasteiger partial charge in [0.25, 0.3) is 0 Å². The van der Waals surface area contributed by atoms with Crippen LogP contribution in [0, 0.1) is 0 Å². The Balaban J connectivity index is 0.00000392. The molecule has 0 amide bonds. The van der Waals surface area contributed by atoms with Crippen LogP contribution < -0.4 is 16.2 Å². The first-order chi connectivity index (χ1) is 13.0. The van der Waals surface area contributed by atoms with Gasteiger partial charge in [-0.3, -0.25) is 9.59 Å². The molecule has 29 heavy (non-hydrogen) atoms. The molecule has 0 unspecified atom stereocenters. The van der Waals surface area contributed by atoms with Crippen LogP contribution in [0.25, 0.3) is 11.1 Å². The van der Waals surface area contributed by atoms with Crippen LogP contribution >= 0.6 is 24.8 Å². The van der Waals surface area contributed by atoms with Crippen LogP contribution in [0.1, 0.15) is 21.5 Å². The highest BCUT2D eigenvalue weighted by molar-refractivity contribution is 6.04. The lowest BCUT2D eigenvalue weighted by Gasteiger charge is -2.15. The molecule has 5 nitrogen and oxygen atoms in total. The summed E-state index contributed by atoms with van der Waals surface area (Å²) in [5.41, 5.74) is 14.7. The van der Waals surface area contributed by atoms with Gasteiger partial charge >= 0.3 is 5.97 Å². The molecule has 0 spiro atoms. The van der Waals surface area contributed by atoms with Crippen LogP contribution in [0.2, 0.25) is 0 Å². The van der Waals surface area contributed by atoms with E-state index in [0.717, 1.165) is 11.1 Å². The maximum Gasteiger partial charge on any atom is 0.325 e. The summed E-state index contributed by atoms with van der Waals surface area (Å²) in [6.45, 7) is 7.16. The van der Waals surface area contributed by atoms with Gasteiger partial charge in [0.05, 0.1) is 13.1 Å². The molecule has 2 rings (SSSR count). The third-order valence-electron chi connectivity index (χ3n) is 4.05. The molecule has 0 heterocycles. The van der Waals surface area contributed by atoms with Crippen LogP contribution in [0.3, 0.4) is 0 Å². The molecular weight excluding hydrogens is 411 g/mol. The van der Waals surface area contributed by atoms with E-state index in [1.807, 2.05) is 24.3 Å². The van der Waals surface area contributed by atoms with E-state index in [4.69, 9.17) is 16.2 Å². The molecule has 0 atom stereocenters. The maximum atomic E-state index is 12.4. The number of rotatable bonds is 9. The number of ketones is 1. The van der Waals surface area contributed by atoms with Gasteiger partial charge in [0.1, 0.15) is 5.75 Å². The van der Waals surface area contributed by atoms with E-state index in [0.29, 0.717) is 35.3 Å². The number of esters is 1. The second kappa shape index (κ2) is 12.9. The highest BCUT2D eigenvalue weighted by atomic mass is 35.5. The van der Waals surface area contributed by atoms with E-state index in [1.165, 1.54) is 0 Å². The van der Waals surface area contributed by atoms with Crippen molar-refractivity contribution in [1.82, 2.24) is 0 Å². The molecule has 0 saturated carbocycles. The number of halogens is 2. The summed E-state index contributed by atoms with van der Waals surface area (Å²) in [5, 5.41) is 0. The Morgan fingerprint density at radius 1 is 0.862 bits per heavy atom. The molecule has 156 valence electrons. The van der Waals surface area contributed by atoms with Crippen molar-refractivity contribution in [2.75, 3.05) is 13.1 Å². The van der Waals surface area contributed by atoms with Crippen molar-refractivity contribution in [3.8, 4) is 16.9 Å². The topological polar surface area (TPSA) is 95.4 Å². The summed E-state index contributed by atoms with van der Waals surface area (Å²) in [4.78, 5) is 24.1. The highest BCUT2D eigenvalue weighted by Gasteiger charge is 2.18. The van der Waals surface area contributed by atoms with E-state index in [2.05, 4.69) is 13.2 Å². The molecule has 7 heteroatoms. The zero-order chi connectivity index (χ0) is 19.8. The minimum atomic E-state index is -0.554. The Hall–Kier alpha value is -2.44. The summed E-state index contributed by atoms with van der Waals surface area (Å²) >= 11 is 0. The molecule has 0 aliphatic rings. The fraction of sp³-hybridized carbons (Fsp3) is 0.182. The van der Waals surface area contributed by atoms with Gasteiger partial charge in [0, 0.05) is 11.1 Å². The number of nitrogens with two attached hydrogens (primary N) is 2. The standard InChI is InChI=1S/C22H24N2O3.2ClH/c1-3-5-15-7-9-17(20(25)13-23)18(11-15)19-12-16(6-4-2)8-10-21(19)27-22(26)14-24;;/h3-4,7-12H,1-2,5-6,13-14,23-24H2;2*1H. The fourth-order valence-electron chi connectivity index (χ4n) is 2.80. The molecule has 2 aromatic carbocycles. The molecule has 0 radical (unpaired) electrons. The van der Waals surface area contributed by atoms with Gasteiger partial charge in [-0.15, -0.1) is 38.0 Å². The highest BCUT2D eigenvalue weighted by Crippen LogP contribution is 2.35. The van der Waals surface area contributed by atoms with Crippen molar-refractivity contribution < 1.29 is 14.3 Å². The van der Waals surface area contributed by atoms with Crippen molar-refractivity contribution in [2.24, 2.45) is 11.5 Å². The molecule has 0 saturated heterocycles. The van der Waals surface area contributed by atoms with Crippen molar-refractivity contribution in [2.45, 2.75) is 12.8 Å². The average Bonchev–Trinajstić information content (AvgIpc) is 2.68. The number of hydrogen-bond acceptors (Lipinski definition) is 5. The third kappa shape index (κ3) is 6.84. The van der Waals surface area contributed by atoms with Gasteiger partial charge in [-0.25, -0.2) is 0 Å². The van der Waals surface area contributed by atoms with Gasteiger partial charge in [-0.1, -0.05) is 30.4 Å². The number of carbonyl (C=O) groups is 2. The van der Waals surface area contributed by atoms with Crippen molar-refractivity contribution in [3.63, 3.8) is 0 Å². The van der Waals surface area contributed by atoms with E-state index < -0.39 is 5.97 Å². The SMILES string of the molecule is C=CCc1ccc(OC(=O)CN)c(-c2cc(CC=C)ccc2C(=O)CN)c1.Cl.Cl. The number of carbonyl (C=O) groups excluding carboxylic acids is 2. The molecule has 4 N–H and O–H groups in total. The first kappa shape index (κ1) is 26.6. The quantitative estimate of drug-likeness (QED) is 0.270. The van der Waals surface area contributed by atoms with Crippen molar-refractivity contribution in [1.29, 1.82) is 0 Å². The van der Waals surface area contributed by atoms with Crippen molar-refractivity contribution in [3.05, 3.63) is 78.4 Å². The zero-order valence-electron chi connectivity index (χ0n) is 16.1. The van der Waals surface area contributed by atoms with Crippen LogP contribution in [-0.4, -0.2) is 24.8 Å². The van der Waals surface area contributed by atoms with E-state index in [1.54, 1.807) is 24.3 Å². The van der Waals surface area contributed by atoms with Gasteiger partial charge in [-0.05, 0) is 47.7 Å². The van der Waals surface area contributed by atoms with Gasteiger partial charge < -0.3 is 16.2 Å². The Morgan fingerprint density at radius 2 is 1.41 bits per heavy atom.